The first kappa shape index (κ1) is 19.8. The molecule has 0 saturated heterocycles. The van der Waals surface area contributed by atoms with Crippen LogP contribution in [0.3, 0.4) is 0 Å². The SMILES string of the molecule is COC(=O)[C@H](NC(=O)CNC(=O)OCc1ccccc1)C1CCCCC1. The Morgan fingerprint density at radius 2 is 1.81 bits per heavy atom. The van der Waals surface area contributed by atoms with Gasteiger partial charge in [0.2, 0.25) is 5.91 Å². The van der Waals surface area contributed by atoms with Crippen molar-refractivity contribution in [2.24, 2.45) is 5.92 Å². The van der Waals surface area contributed by atoms with Crippen molar-refractivity contribution in [3.8, 4) is 0 Å². The first-order valence-corrected chi connectivity index (χ1v) is 8.92. The maximum absolute atomic E-state index is 12.1. The molecule has 1 fully saturated rings. The van der Waals surface area contributed by atoms with Gasteiger partial charge in [-0.1, -0.05) is 49.6 Å². The number of esters is 1. The van der Waals surface area contributed by atoms with E-state index in [-0.39, 0.29) is 19.1 Å². The Morgan fingerprint density at radius 3 is 2.46 bits per heavy atom. The molecule has 0 aromatic heterocycles. The second-order valence-electron chi connectivity index (χ2n) is 6.38. The second-order valence-corrected chi connectivity index (χ2v) is 6.38. The third-order valence-corrected chi connectivity index (χ3v) is 4.50. The van der Waals surface area contributed by atoms with Crippen LogP contribution >= 0.6 is 0 Å². The summed E-state index contributed by atoms with van der Waals surface area (Å²) >= 11 is 0. The van der Waals surface area contributed by atoms with Crippen LogP contribution in [0.4, 0.5) is 4.79 Å². The zero-order valence-electron chi connectivity index (χ0n) is 15.0. The summed E-state index contributed by atoms with van der Waals surface area (Å²) < 4.78 is 9.86. The summed E-state index contributed by atoms with van der Waals surface area (Å²) in [7, 11) is 1.31. The molecule has 2 N–H and O–H groups in total. The molecule has 0 unspecified atom stereocenters. The predicted molar refractivity (Wildman–Crippen MR) is 95.2 cm³/mol. The Bertz CT molecular complexity index is 599. The highest BCUT2D eigenvalue weighted by Crippen LogP contribution is 2.27. The Balaban J connectivity index is 1.76. The summed E-state index contributed by atoms with van der Waals surface area (Å²) in [5.74, 6) is -0.815. The molecule has 0 aliphatic heterocycles. The molecular formula is C19H26N2O5. The fraction of sp³-hybridized carbons (Fsp3) is 0.526. The van der Waals surface area contributed by atoms with Crippen LogP contribution in [0.2, 0.25) is 0 Å². The molecule has 0 radical (unpaired) electrons. The highest BCUT2D eigenvalue weighted by Gasteiger charge is 2.31. The number of alkyl carbamates (subject to hydrolysis) is 1. The van der Waals surface area contributed by atoms with Gasteiger partial charge in [-0.15, -0.1) is 0 Å². The molecule has 1 aromatic carbocycles. The van der Waals surface area contributed by atoms with Gasteiger partial charge in [-0.25, -0.2) is 9.59 Å². The standard InChI is InChI=1S/C19H26N2O5/c1-25-18(23)17(15-10-6-3-7-11-15)21-16(22)12-20-19(24)26-13-14-8-4-2-5-9-14/h2,4-5,8-9,15,17H,3,6-7,10-13H2,1H3,(H,20,24)(H,21,22)/t17-/m1/s1. The van der Waals surface area contributed by atoms with Crippen LogP contribution in [0, 0.1) is 5.92 Å². The molecule has 0 heterocycles. The summed E-state index contributed by atoms with van der Waals surface area (Å²) in [6.07, 6.45) is 4.30. The second kappa shape index (κ2) is 10.4. The molecule has 2 amide bonds. The molecule has 1 aliphatic carbocycles. The number of amides is 2. The maximum Gasteiger partial charge on any atom is 0.407 e. The first-order chi connectivity index (χ1) is 12.6. The van der Waals surface area contributed by atoms with Gasteiger partial charge in [0.15, 0.2) is 0 Å². The molecule has 7 nitrogen and oxygen atoms in total. The molecule has 1 atom stereocenters. The van der Waals surface area contributed by atoms with Gasteiger partial charge < -0.3 is 20.1 Å². The average Bonchev–Trinajstić information content (AvgIpc) is 2.69. The van der Waals surface area contributed by atoms with Gasteiger partial charge in [0.1, 0.15) is 19.2 Å². The summed E-state index contributed by atoms with van der Waals surface area (Å²) in [4.78, 5) is 35.8. The van der Waals surface area contributed by atoms with Crippen molar-refractivity contribution >= 4 is 18.0 Å². The van der Waals surface area contributed by atoms with Crippen LogP contribution in [0.1, 0.15) is 37.7 Å². The van der Waals surface area contributed by atoms with E-state index in [1.807, 2.05) is 30.3 Å². The van der Waals surface area contributed by atoms with E-state index >= 15 is 0 Å². The fourth-order valence-corrected chi connectivity index (χ4v) is 3.11. The molecule has 2 rings (SSSR count). The van der Waals surface area contributed by atoms with Gasteiger partial charge >= 0.3 is 12.1 Å². The maximum atomic E-state index is 12.1. The van der Waals surface area contributed by atoms with E-state index in [1.54, 1.807) is 0 Å². The van der Waals surface area contributed by atoms with Gasteiger partial charge in [0, 0.05) is 0 Å². The van der Waals surface area contributed by atoms with Gasteiger partial charge in [-0.3, -0.25) is 4.79 Å². The van der Waals surface area contributed by atoms with Crippen molar-refractivity contribution in [3.63, 3.8) is 0 Å². The lowest BCUT2D eigenvalue weighted by Crippen LogP contribution is -2.50. The van der Waals surface area contributed by atoms with Crippen LogP contribution in [0.5, 0.6) is 0 Å². The topological polar surface area (TPSA) is 93.7 Å². The van der Waals surface area contributed by atoms with Crippen LogP contribution in [0.15, 0.2) is 30.3 Å². The Kier molecular flexibility index (Phi) is 7.92. The Hall–Kier alpha value is -2.57. The molecule has 142 valence electrons. The molecule has 7 heteroatoms. The van der Waals surface area contributed by atoms with E-state index in [0.29, 0.717) is 0 Å². The molecule has 1 aliphatic rings. The lowest BCUT2D eigenvalue weighted by molar-refractivity contribution is -0.147. The monoisotopic (exact) mass is 362 g/mol. The van der Waals surface area contributed by atoms with E-state index in [2.05, 4.69) is 10.6 Å². The number of methoxy groups -OCH3 is 1. The quantitative estimate of drug-likeness (QED) is 0.725. The highest BCUT2D eigenvalue weighted by atomic mass is 16.5. The van der Waals surface area contributed by atoms with E-state index in [9.17, 15) is 14.4 Å². The number of hydrogen-bond acceptors (Lipinski definition) is 5. The molecule has 0 bridgehead atoms. The zero-order chi connectivity index (χ0) is 18.8. The minimum Gasteiger partial charge on any atom is -0.467 e. The van der Waals surface area contributed by atoms with Crippen molar-refractivity contribution in [1.29, 1.82) is 0 Å². The molecule has 1 saturated carbocycles. The number of carbonyl (C=O) groups excluding carboxylic acids is 3. The van der Waals surface area contributed by atoms with Gasteiger partial charge in [-0.05, 0) is 24.3 Å². The number of ether oxygens (including phenoxy) is 2. The largest absolute Gasteiger partial charge is 0.467 e. The number of hydrogen-bond donors (Lipinski definition) is 2. The van der Waals surface area contributed by atoms with Crippen LogP contribution in [-0.2, 0) is 25.7 Å². The van der Waals surface area contributed by atoms with Crippen molar-refractivity contribution in [1.82, 2.24) is 10.6 Å². The van der Waals surface area contributed by atoms with E-state index in [1.165, 1.54) is 7.11 Å². The minimum absolute atomic E-state index is 0.0742. The average molecular weight is 362 g/mol. The molecule has 26 heavy (non-hydrogen) atoms. The van der Waals surface area contributed by atoms with E-state index in [4.69, 9.17) is 9.47 Å². The lowest BCUT2D eigenvalue weighted by atomic mass is 9.84. The van der Waals surface area contributed by atoms with Gasteiger partial charge in [-0.2, -0.15) is 0 Å². The van der Waals surface area contributed by atoms with Crippen molar-refractivity contribution in [3.05, 3.63) is 35.9 Å². The van der Waals surface area contributed by atoms with Gasteiger partial charge in [0.25, 0.3) is 0 Å². The predicted octanol–water partition coefficient (Wildman–Crippen LogP) is 2.15. The molecular weight excluding hydrogens is 336 g/mol. The molecule has 1 aromatic rings. The van der Waals surface area contributed by atoms with E-state index in [0.717, 1.165) is 37.7 Å². The smallest absolute Gasteiger partial charge is 0.407 e. The van der Waals surface area contributed by atoms with Crippen molar-refractivity contribution in [2.75, 3.05) is 13.7 Å². The van der Waals surface area contributed by atoms with E-state index < -0.39 is 24.0 Å². The van der Waals surface area contributed by atoms with Gasteiger partial charge in [0.05, 0.1) is 7.11 Å². The normalized spacial score (nSPS) is 15.6. The fourth-order valence-electron chi connectivity index (χ4n) is 3.11. The third kappa shape index (κ3) is 6.38. The number of benzene rings is 1. The van der Waals surface area contributed by atoms with Crippen molar-refractivity contribution < 1.29 is 23.9 Å². The number of nitrogens with one attached hydrogen (secondary N) is 2. The summed E-state index contributed by atoms with van der Waals surface area (Å²) in [6, 6.07) is 8.58. The lowest BCUT2D eigenvalue weighted by Gasteiger charge is -2.29. The Labute approximate surface area is 153 Å². The minimum atomic E-state index is -0.684. The van der Waals surface area contributed by atoms with Crippen LogP contribution < -0.4 is 10.6 Å². The summed E-state index contributed by atoms with van der Waals surface area (Å²) in [6.45, 7) is -0.130. The van der Waals surface area contributed by atoms with Crippen LogP contribution in [-0.4, -0.2) is 37.7 Å². The third-order valence-electron chi connectivity index (χ3n) is 4.50. The summed E-state index contributed by atoms with van der Waals surface area (Å²) in [5, 5.41) is 5.08. The number of carbonyl (C=O) groups is 3. The van der Waals surface area contributed by atoms with Crippen molar-refractivity contribution in [2.45, 2.75) is 44.8 Å². The summed E-state index contributed by atoms with van der Waals surface area (Å²) in [5.41, 5.74) is 0.857. The number of rotatable bonds is 7. The first-order valence-electron chi connectivity index (χ1n) is 8.92. The Morgan fingerprint density at radius 1 is 1.12 bits per heavy atom. The zero-order valence-corrected chi connectivity index (χ0v) is 15.0. The molecule has 0 spiro atoms. The van der Waals surface area contributed by atoms with Crippen LogP contribution in [0.25, 0.3) is 0 Å². The highest BCUT2D eigenvalue weighted by molar-refractivity contribution is 5.87.